The Morgan fingerprint density at radius 3 is 1.77 bits per heavy atom. The van der Waals surface area contributed by atoms with Crippen molar-refractivity contribution in [1.82, 2.24) is 0 Å². The number of allylic oxidation sites excluding steroid dienone is 1. The second kappa shape index (κ2) is 15.7. The van der Waals surface area contributed by atoms with Crippen molar-refractivity contribution < 1.29 is 23.9 Å². The average Bonchev–Trinajstić information content (AvgIpc) is 3.05. The van der Waals surface area contributed by atoms with Crippen LogP contribution in [0.4, 0.5) is 5.69 Å². The Labute approximate surface area is 252 Å². The number of ether oxygens (including phenoxy) is 2. The van der Waals surface area contributed by atoms with E-state index in [1.807, 2.05) is 68.4 Å². The van der Waals surface area contributed by atoms with Crippen LogP contribution in [0.25, 0.3) is 12.2 Å². The molecule has 1 amide bonds. The largest absolute Gasteiger partial charge is 0.494 e. The molecule has 0 aliphatic rings. The van der Waals surface area contributed by atoms with Crippen LogP contribution in [0.2, 0.25) is 0 Å². The molecular weight excluding hydrogens is 538 g/mol. The zero-order valence-corrected chi connectivity index (χ0v) is 24.4. The third kappa shape index (κ3) is 9.13. The number of amides is 1. The van der Waals surface area contributed by atoms with Crippen LogP contribution < -0.4 is 14.8 Å². The molecule has 0 atom stereocenters. The summed E-state index contributed by atoms with van der Waals surface area (Å²) in [5, 5.41) is 2.80. The second-order valence-corrected chi connectivity index (χ2v) is 9.81. The first-order valence-electron chi connectivity index (χ1n) is 14.4. The van der Waals surface area contributed by atoms with Gasteiger partial charge in [-0.1, -0.05) is 74.5 Å². The summed E-state index contributed by atoms with van der Waals surface area (Å²) in [6.45, 7) is 5.38. The van der Waals surface area contributed by atoms with E-state index in [0.717, 1.165) is 35.5 Å². The number of carbonyl (C=O) groups is 3. The highest BCUT2D eigenvalue weighted by molar-refractivity contribution is 6.19. The highest BCUT2D eigenvalue weighted by Gasteiger charge is 2.18. The highest BCUT2D eigenvalue weighted by atomic mass is 16.5. The monoisotopic (exact) mass is 573 g/mol. The van der Waals surface area contributed by atoms with E-state index < -0.39 is 0 Å². The van der Waals surface area contributed by atoms with E-state index in [1.54, 1.807) is 54.6 Å². The second-order valence-electron chi connectivity index (χ2n) is 9.81. The lowest BCUT2D eigenvalue weighted by Gasteiger charge is -2.10. The number of benzene rings is 4. The fourth-order valence-corrected chi connectivity index (χ4v) is 4.18. The molecule has 43 heavy (non-hydrogen) atoms. The molecule has 4 aromatic carbocycles. The van der Waals surface area contributed by atoms with Crippen molar-refractivity contribution in [2.75, 3.05) is 18.5 Å². The van der Waals surface area contributed by atoms with Crippen LogP contribution in [0.1, 0.15) is 64.1 Å². The summed E-state index contributed by atoms with van der Waals surface area (Å²) >= 11 is 0. The minimum atomic E-state index is -0.366. The van der Waals surface area contributed by atoms with E-state index in [4.69, 9.17) is 9.47 Å². The number of rotatable bonds is 14. The fraction of sp³-hybridized carbons (Fsp3) is 0.162. The number of hydrogen-bond acceptors (Lipinski definition) is 5. The zero-order chi connectivity index (χ0) is 30.4. The van der Waals surface area contributed by atoms with E-state index >= 15 is 0 Å². The van der Waals surface area contributed by atoms with Gasteiger partial charge in [-0.25, -0.2) is 0 Å². The Hall–Kier alpha value is -5.23. The highest BCUT2D eigenvalue weighted by Crippen LogP contribution is 2.22. The van der Waals surface area contributed by atoms with Crippen LogP contribution in [0, 0.1) is 0 Å². The molecule has 4 aromatic rings. The molecule has 0 aromatic heterocycles. The van der Waals surface area contributed by atoms with E-state index in [1.165, 1.54) is 12.2 Å². The lowest BCUT2D eigenvalue weighted by molar-refractivity contribution is -0.111. The van der Waals surface area contributed by atoms with Gasteiger partial charge in [-0.2, -0.15) is 0 Å². The van der Waals surface area contributed by atoms with Crippen molar-refractivity contribution in [3.05, 3.63) is 137 Å². The smallest absolute Gasteiger partial charge is 0.248 e. The summed E-state index contributed by atoms with van der Waals surface area (Å²) < 4.78 is 11.2. The molecule has 0 heterocycles. The molecule has 0 aliphatic carbocycles. The van der Waals surface area contributed by atoms with Gasteiger partial charge in [0.05, 0.1) is 13.2 Å². The van der Waals surface area contributed by atoms with Crippen molar-refractivity contribution in [2.45, 2.75) is 26.7 Å². The summed E-state index contributed by atoms with van der Waals surface area (Å²) in [4.78, 5) is 39.5. The number of ketones is 2. The van der Waals surface area contributed by atoms with Crippen LogP contribution in [-0.4, -0.2) is 30.7 Å². The van der Waals surface area contributed by atoms with Crippen LogP contribution in [-0.2, 0) is 4.79 Å². The lowest BCUT2D eigenvalue weighted by Crippen LogP contribution is -2.12. The molecule has 4 rings (SSSR count). The minimum Gasteiger partial charge on any atom is -0.494 e. The van der Waals surface area contributed by atoms with Crippen LogP contribution >= 0.6 is 0 Å². The maximum Gasteiger partial charge on any atom is 0.248 e. The van der Waals surface area contributed by atoms with Gasteiger partial charge in [-0.3, -0.25) is 14.4 Å². The molecule has 0 unspecified atom stereocenters. The first kappa shape index (κ1) is 30.7. The first-order chi connectivity index (χ1) is 21.0. The molecule has 1 N–H and O–H groups in total. The molecule has 0 saturated heterocycles. The first-order valence-corrected chi connectivity index (χ1v) is 14.4. The molecule has 0 fully saturated rings. The molecular formula is C37H35NO5. The molecule has 0 radical (unpaired) electrons. The third-order valence-electron chi connectivity index (χ3n) is 6.39. The normalized spacial score (nSPS) is 11.0. The Kier molecular flexibility index (Phi) is 11.2. The van der Waals surface area contributed by atoms with Gasteiger partial charge in [0.25, 0.3) is 0 Å². The molecule has 6 heteroatoms. The predicted octanol–water partition coefficient (Wildman–Crippen LogP) is 8.04. The van der Waals surface area contributed by atoms with Gasteiger partial charge in [0.1, 0.15) is 11.5 Å². The maximum absolute atomic E-state index is 13.5. The summed E-state index contributed by atoms with van der Waals surface area (Å²) in [5.74, 6) is 0.540. The van der Waals surface area contributed by atoms with E-state index in [9.17, 15) is 14.4 Å². The summed E-state index contributed by atoms with van der Waals surface area (Å²) in [6, 6.07) is 28.4. The lowest BCUT2D eigenvalue weighted by atomic mass is 9.95. The molecule has 0 saturated carbocycles. The Morgan fingerprint density at radius 2 is 1.21 bits per heavy atom. The van der Waals surface area contributed by atoms with E-state index in [2.05, 4.69) is 5.32 Å². The number of carbonyl (C=O) groups excluding carboxylic acids is 3. The van der Waals surface area contributed by atoms with Crippen molar-refractivity contribution in [2.24, 2.45) is 0 Å². The zero-order valence-electron chi connectivity index (χ0n) is 24.4. The topological polar surface area (TPSA) is 81.7 Å². The summed E-state index contributed by atoms with van der Waals surface area (Å²) in [7, 11) is 0. The van der Waals surface area contributed by atoms with Crippen LogP contribution in [0.5, 0.6) is 11.5 Å². The van der Waals surface area contributed by atoms with E-state index in [0.29, 0.717) is 24.5 Å². The van der Waals surface area contributed by atoms with Gasteiger partial charge in [-0.05, 0) is 78.6 Å². The Balaban J connectivity index is 1.52. The SMILES string of the molecule is CCCOc1ccc(C=CC(=O)Nc2ccc(C(=O)C=Cc3ccc(OCCC)cc3)c(C(=O)c3ccccc3)c2)cc1. The third-order valence-corrected chi connectivity index (χ3v) is 6.39. The van der Waals surface area contributed by atoms with Gasteiger partial charge >= 0.3 is 0 Å². The number of hydrogen-bond donors (Lipinski definition) is 1. The minimum absolute atomic E-state index is 0.202. The van der Waals surface area contributed by atoms with Crippen molar-refractivity contribution in [1.29, 1.82) is 0 Å². The average molecular weight is 574 g/mol. The van der Waals surface area contributed by atoms with Crippen LogP contribution in [0.3, 0.4) is 0 Å². The number of anilines is 1. The van der Waals surface area contributed by atoms with Gasteiger partial charge in [0, 0.05) is 28.5 Å². The van der Waals surface area contributed by atoms with Gasteiger partial charge in [-0.15, -0.1) is 0 Å². The van der Waals surface area contributed by atoms with Crippen molar-refractivity contribution >= 4 is 35.3 Å². The standard InChI is InChI=1S/C37H35NO5/c1-3-24-42-31-17-10-27(11-18-31)14-22-35(39)33-21-16-30(26-34(33)37(41)29-8-6-5-7-9-29)38-36(40)23-15-28-12-19-32(20-13-28)43-25-4-2/h5-23,26H,3-4,24-25H2,1-2H3,(H,38,40). The molecule has 0 spiro atoms. The van der Waals surface area contributed by atoms with Crippen molar-refractivity contribution in [3.63, 3.8) is 0 Å². The maximum atomic E-state index is 13.5. The summed E-state index contributed by atoms with van der Waals surface area (Å²) in [6.07, 6.45) is 8.10. The summed E-state index contributed by atoms with van der Waals surface area (Å²) in [5.41, 5.74) is 2.96. The van der Waals surface area contributed by atoms with Crippen molar-refractivity contribution in [3.8, 4) is 11.5 Å². The molecule has 0 aliphatic heterocycles. The number of nitrogens with one attached hydrogen (secondary N) is 1. The Bertz CT molecular complexity index is 1590. The fourth-order valence-electron chi connectivity index (χ4n) is 4.18. The molecule has 218 valence electrons. The van der Waals surface area contributed by atoms with Gasteiger partial charge in [0.2, 0.25) is 5.91 Å². The van der Waals surface area contributed by atoms with Crippen LogP contribution in [0.15, 0.2) is 109 Å². The molecule has 6 nitrogen and oxygen atoms in total. The quantitative estimate of drug-likeness (QED) is 0.122. The van der Waals surface area contributed by atoms with Gasteiger partial charge in [0.15, 0.2) is 11.6 Å². The van der Waals surface area contributed by atoms with E-state index in [-0.39, 0.29) is 28.6 Å². The predicted molar refractivity (Wildman–Crippen MR) is 172 cm³/mol. The molecule has 0 bridgehead atoms. The van der Waals surface area contributed by atoms with Gasteiger partial charge < -0.3 is 14.8 Å². The Morgan fingerprint density at radius 1 is 0.651 bits per heavy atom.